The van der Waals surface area contributed by atoms with E-state index in [1.165, 1.54) is 7.11 Å². The number of rotatable bonds is 4. The van der Waals surface area contributed by atoms with Crippen molar-refractivity contribution in [1.29, 1.82) is 5.26 Å². The van der Waals surface area contributed by atoms with Gasteiger partial charge in [0.05, 0.1) is 12.8 Å². The van der Waals surface area contributed by atoms with E-state index in [0.717, 1.165) is 11.3 Å². The summed E-state index contributed by atoms with van der Waals surface area (Å²) in [5, 5.41) is 9.96. The standard InChI is InChI=1S/C13H17N3O4S/c1-18-8-5-16(6-9(8)19-2)12-7(4-14)10(15)11(21-12)13(17)20-3/h8-9H,5-6,15H2,1-3H3. The van der Waals surface area contributed by atoms with Crippen LogP contribution >= 0.6 is 11.3 Å². The highest BCUT2D eigenvalue weighted by Gasteiger charge is 2.36. The maximum atomic E-state index is 11.7. The van der Waals surface area contributed by atoms with Gasteiger partial charge >= 0.3 is 5.97 Å². The Hall–Kier alpha value is -1.82. The van der Waals surface area contributed by atoms with Crippen molar-refractivity contribution in [2.24, 2.45) is 0 Å². The van der Waals surface area contributed by atoms with Crippen LogP contribution in [-0.4, -0.2) is 52.6 Å². The number of hydrogen-bond acceptors (Lipinski definition) is 8. The molecule has 0 saturated carbocycles. The lowest BCUT2D eigenvalue weighted by Crippen LogP contribution is -2.27. The molecule has 0 amide bonds. The van der Waals surface area contributed by atoms with Gasteiger partial charge in [-0.05, 0) is 0 Å². The Kier molecular flexibility index (Phi) is 4.67. The summed E-state index contributed by atoms with van der Waals surface area (Å²) >= 11 is 1.16. The van der Waals surface area contributed by atoms with Crippen LogP contribution in [0.1, 0.15) is 15.2 Å². The fourth-order valence-electron chi connectivity index (χ4n) is 2.37. The van der Waals surface area contributed by atoms with Crippen LogP contribution in [0.15, 0.2) is 0 Å². The van der Waals surface area contributed by atoms with Gasteiger partial charge in [0.1, 0.15) is 33.7 Å². The highest BCUT2D eigenvalue weighted by Crippen LogP contribution is 2.40. The molecule has 1 fully saturated rings. The molecule has 114 valence electrons. The van der Waals surface area contributed by atoms with E-state index in [9.17, 15) is 10.1 Å². The molecule has 1 saturated heterocycles. The molecule has 0 spiro atoms. The van der Waals surface area contributed by atoms with Gasteiger partial charge in [-0.2, -0.15) is 5.26 Å². The third-order valence-electron chi connectivity index (χ3n) is 3.52. The van der Waals surface area contributed by atoms with E-state index >= 15 is 0 Å². The van der Waals surface area contributed by atoms with Crippen LogP contribution in [-0.2, 0) is 14.2 Å². The molecule has 0 aromatic carbocycles. The molecule has 1 aliphatic heterocycles. The zero-order chi connectivity index (χ0) is 15.6. The molecule has 2 rings (SSSR count). The van der Waals surface area contributed by atoms with Gasteiger partial charge in [0.2, 0.25) is 0 Å². The first-order valence-corrected chi connectivity index (χ1v) is 7.10. The van der Waals surface area contributed by atoms with Crippen LogP contribution in [0.2, 0.25) is 0 Å². The van der Waals surface area contributed by atoms with Crippen LogP contribution in [0.5, 0.6) is 0 Å². The number of methoxy groups -OCH3 is 3. The van der Waals surface area contributed by atoms with Gasteiger partial charge in [0.25, 0.3) is 0 Å². The first-order valence-electron chi connectivity index (χ1n) is 6.28. The van der Waals surface area contributed by atoms with Gasteiger partial charge in [-0.25, -0.2) is 4.79 Å². The predicted octanol–water partition coefficient (Wildman–Crippen LogP) is 0.839. The van der Waals surface area contributed by atoms with Crippen LogP contribution in [0, 0.1) is 11.3 Å². The van der Waals surface area contributed by atoms with Crippen LogP contribution < -0.4 is 10.6 Å². The van der Waals surface area contributed by atoms with E-state index in [0.29, 0.717) is 23.7 Å². The van der Waals surface area contributed by atoms with E-state index in [2.05, 4.69) is 6.07 Å². The Bertz CT molecular complexity index is 569. The van der Waals surface area contributed by atoms with Gasteiger partial charge in [-0.3, -0.25) is 0 Å². The summed E-state index contributed by atoms with van der Waals surface area (Å²) in [5.41, 5.74) is 6.36. The molecule has 8 heteroatoms. The molecule has 0 bridgehead atoms. The number of thiophene rings is 1. The van der Waals surface area contributed by atoms with Crippen molar-refractivity contribution in [3.05, 3.63) is 10.4 Å². The summed E-state index contributed by atoms with van der Waals surface area (Å²) in [6.07, 6.45) is -0.183. The number of nitrogen functional groups attached to an aromatic ring is 1. The van der Waals surface area contributed by atoms with E-state index in [1.54, 1.807) is 14.2 Å². The lowest BCUT2D eigenvalue weighted by Gasteiger charge is -2.15. The molecular formula is C13H17N3O4S. The van der Waals surface area contributed by atoms with Crippen LogP contribution in [0.4, 0.5) is 10.7 Å². The number of carbonyl (C=O) groups is 1. The molecule has 1 aliphatic rings. The number of anilines is 2. The minimum atomic E-state index is -0.536. The highest BCUT2D eigenvalue weighted by atomic mass is 32.1. The highest BCUT2D eigenvalue weighted by molar-refractivity contribution is 7.18. The molecule has 0 aliphatic carbocycles. The van der Waals surface area contributed by atoms with Crippen molar-refractivity contribution in [3.63, 3.8) is 0 Å². The van der Waals surface area contributed by atoms with Crippen LogP contribution in [0.3, 0.4) is 0 Å². The number of nitrogens with zero attached hydrogens (tertiary/aromatic N) is 2. The zero-order valence-electron chi connectivity index (χ0n) is 12.1. The molecule has 7 nitrogen and oxygen atoms in total. The smallest absolute Gasteiger partial charge is 0.350 e. The monoisotopic (exact) mass is 311 g/mol. The number of esters is 1. The van der Waals surface area contributed by atoms with Gasteiger partial charge in [-0.1, -0.05) is 0 Å². The second-order valence-electron chi connectivity index (χ2n) is 4.58. The van der Waals surface area contributed by atoms with E-state index < -0.39 is 5.97 Å². The predicted molar refractivity (Wildman–Crippen MR) is 78.6 cm³/mol. The van der Waals surface area contributed by atoms with Gasteiger partial charge in [0.15, 0.2) is 0 Å². The first kappa shape index (κ1) is 15.6. The third kappa shape index (κ3) is 2.68. The van der Waals surface area contributed by atoms with E-state index in [1.807, 2.05) is 4.90 Å². The third-order valence-corrected chi connectivity index (χ3v) is 4.76. The summed E-state index contributed by atoms with van der Waals surface area (Å²) in [7, 11) is 4.52. The SMILES string of the molecule is COC(=O)c1sc(N2CC(OC)C(OC)C2)c(C#N)c1N. The Morgan fingerprint density at radius 2 is 1.90 bits per heavy atom. The molecule has 21 heavy (non-hydrogen) atoms. The summed E-state index contributed by atoms with van der Waals surface area (Å²) in [5.74, 6) is -0.536. The van der Waals surface area contributed by atoms with Crippen molar-refractivity contribution in [2.45, 2.75) is 12.2 Å². The Labute approximate surface area is 126 Å². The minimum Gasteiger partial charge on any atom is -0.465 e. The summed E-state index contributed by atoms with van der Waals surface area (Å²) in [6.45, 7) is 1.15. The fourth-order valence-corrected chi connectivity index (χ4v) is 3.48. The quantitative estimate of drug-likeness (QED) is 0.823. The average Bonchev–Trinajstić information content (AvgIpc) is 3.06. The second-order valence-corrected chi connectivity index (χ2v) is 5.58. The molecular weight excluding hydrogens is 294 g/mol. The topological polar surface area (TPSA) is 97.8 Å². The Balaban J connectivity index is 2.37. The Morgan fingerprint density at radius 3 is 2.33 bits per heavy atom. The maximum absolute atomic E-state index is 11.7. The molecule has 2 N–H and O–H groups in total. The molecule has 1 aromatic heterocycles. The van der Waals surface area contributed by atoms with E-state index in [4.69, 9.17) is 19.9 Å². The average molecular weight is 311 g/mol. The van der Waals surface area contributed by atoms with Gasteiger partial charge < -0.3 is 24.8 Å². The van der Waals surface area contributed by atoms with Crippen molar-refractivity contribution in [2.75, 3.05) is 45.1 Å². The maximum Gasteiger partial charge on any atom is 0.350 e. The number of carbonyl (C=O) groups excluding carboxylic acids is 1. The lowest BCUT2D eigenvalue weighted by molar-refractivity contribution is -0.00461. The van der Waals surface area contributed by atoms with Crippen molar-refractivity contribution < 1.29 is 19.0 Å². The number of ether oxygens (including phenoxy) is 3. The van der Waals surface area contributed by atoms with Gasteiger partial charge in [0, 0.05) is 27.3 Å². The van der Waals surface area contributed by atoms with Crippen molar-refractivity contribution >= 4 is 28.0 Å². The van der Waals surface area contributed by atoms with Gasteiger partial charge in [-0.15, -0.1) is 11.3 Å². The lowest BCUT2D eigenvalue weighted by atomic mass is 10.2. The molecule has 2 heterocycles. The second kappa shape index (κ2) is 6.30. The number of nitriles is 1. The summed E-state index contributed by atoms with van der Waals surface area (Å²) in [6, 6.07) is 2.06. The number of nitrogens with two attached hydrogens (primary N) is 1. The van der Waals surface area contributed by atoms with Crippen molar-refractivity contribution in [1.82, 2.24) is 0 Å². The molecule has 2 atom stereocenters. The largest absolute Gasteiger partial charge is 0.465 e. The first-order chi connectivity index (χ1) is 10.1. The molecule has 1 aromatic rings. The Morgan fingerprint density at radius 1 is 1.33 bits per heavy atom. The number of hydrogen-bond donors (Lipinski definition) is 1. The zero-order valence-corrected chi connectivity index (χ0v) is 12.9. The fraction of sp³-hybridized carbons (Fsp3) is 0.538. The molecule has 0 radical (unpaired) electrons. The summed E-state index contributed by atoms with van der Waals surface area (Å²) < 4.78 is 15.4. The molecule has 2 unspecified atom stereocenters. The van der Waals surface area contributed by atoms with E-state index in [-0.39, 0.29) is 22.8 Å². The minimum absolute atomic E-state index is 0.0913. The normalized spacial score (nSPS) is 21.3. The van der Waals surface area contributed by atoms with Crippen LogP contribution in [0.25, 0.3) is 0 Å². The van der Waals surface area contributed by atoms with Crippen molar-refractivity contribution in [3.8, 4) is 6.07 Å². The summed E-state index contributed by atoms with van der Waals surface area (Å²) in [4.78, 5) is 13.9.